The first-order valence-electron chi connectivity index (χ1n) is 24.4. The van der Waals surface area contributed by atoms with E-state index in [4.69, 9.17) is 5.73 Å². The summed E-state index contributed by atoms with van der Waals surface area (Å²) in [6.07, 6.45) is 48.8. The maximum atomic E-state index is 13.2. The molecular formula is C47H99N5O. The normalized spacial score (nSPS) is 11.5. The average Bonchev–Trinajstić information content (AvgIpc) is 3.17. The molecule has 0 bridgehead atoms. The molecule has 0 saturated carbocycles. The number of amides is 2. The van der Waals surface area contributed by atoms with Crippen molar-refractivity contribution in [3.8, 4) is 0 Å². The molecular weight excluding hydrogens is 651 g/mol. The van der Waals surface area contributed by atoms with Gasteiger partial charge in [0.15, 0.2) is 0 Å². The number of hydrogen-bond donors (Lipinski definition) is 4. The summed E-state index contributed by atoms with van der Waals surface area (Å²) in [7, 11) is 0. The van der Waals surface area contributed by atoms with Crippen molar-refractivity contribution in [1.82, 2.24) is 20.9 Å². The van der Waals surface area contributed by atoms with Crippen LogP contribution >= 0.6 is 0 Å². The SMILES string of the molecule is CCCCCCCCCCCCCCCCCCN(CCCCCCCCCCCCCCCCCC)C(=O)NCCCNCCCCNCCCN. The summed E-state index contributed by atoms with van der Waals surface area (Å²) in [5, 5.41) is 10.2. The van der Waals surface area contributed by atoms with Crippen molar-refractivity contribution in [2.24, 2.45) is 5.73 Å². The van der Waals surface area contributed by atoms with Gasteiger partial charge in [0.25, 0.3) is 0 Å². The second-order valence-corrected chi connectivity index (χ2v) is 16.5. The van der Waals surface area contributed by atoms with Gasteiger partial charge < -0.3 is 26.6 Å². The Bertz CT molecular complexity index is 641. The third-order valence-electron chi connectivity index (χ3n) is 11.2. The van der Waals surface area contributed by atoms with E-state index >= 15 is 0 Å². The number of urea groups is 1. The number of hydrogen-bond acceptors (Lipinski definition) is 4. The van der Waals surface area contributed by atoms with Gasteiger partial charge in [-0.25, -0.2) is 4.79 Å². The van der Waals surface area contributed by atoms with Crippen LogP contribution in [0.2, 0.25) is 0 Å². The zero-order valence-corrected chi connectivity index (χ0v) is 36.5. The Hall–Kier alpha value is -0.850. The van der Waals surface area contributed by atoms with E-state index < -0.39 is 0 Å². The first-order chi connectivity index (χ1) is 26.3. The summed E-state index contributed by atoms with van der Waals surface area (Å²) in [6.45, 7) is 12.1. The van der Waals surface area contributed by atoms with Gasteiger partial charge >= 0.3 is 6.03 Å². The summed E-state index contributed by atoms with van der Waals surface area (Å²) >= 11 is 0. The predicted octanol–water partition coefficient (Wildman–Crippen LogP) is 13.2. The molecule has 0 spiro atoms. The van der Waals surface area contributed by atoms with Gasteiger partial charge in [-0.3, -0.25) is 0 Å². The van der Waals surface area contributed by atoms with Gasteiger partial charge in [-0.2, -0.15) is 0 Å². The van der Waals surface area contributed by atoms with Crippen LogP contribution in [-0.4, -0.2) is 63.3 Å². The topological polar surface area (TPSA) is 82.4 Å². The number of nitrogens with one attached hydrogen (secondary N) is 3. The number of unbranched alkanes of at least 4 members (excludes halogenated alkanes) is 31. The van der Waals surface area contributed by atoms with Crippen molar-refractivity contribution in [3.63, 3.8) is 0 Å². The van der Waals surface area contributed by atoms with E-state index in [0.717, 1.165) is 78.0 Å². The zero-order valence-electron chi connectivity index (χ0n) is 36.5. The lowest BCUT2D eigenvalue weighted by Gasteiger charge is -2.23. The van der Waals surface area contributed by atoms with Crippen LogP contribution in [0.5, 0.6) is 0 Å². The van der Waals surface area contributed by atoms with Crippen LogP contribution in [0.4, 0.5) is 4.79 Å². The summed E-state index contributed by atoms with van der Waals surface area (Å²) in [4.78, 5) is 15.3. The van der Waals surface area contributed by atoms with Crippen LogP contribution in [0.25, 0.3) is 0 Å². The third-order valence-corrected chi connectivity index (χ3v) is 11.2. The Morgan fingerprint density at radius 2 is 0.642 bits per heavy atom. The summed E-state index contributed by atoms with van der Waals surface area (Å²) < 4.78 is 0. The molecule has 0 fully saturated rings. The number of rotatable bonds is 46. The minimum atomic E-state index is 0.162. The van der Waals surface area contributed by atoms with Crippen molar-refractivity contribution >= 4 is 6.03 Å². The van der Waals surface area contributed by atoms with Gasteiger partial charge in [-0.15, -0.1) is 0 Å². The molecule has 0 aromatic carbocycles. The molecule has 53 heavy (non-hydrogen) atoms. The van der Waals surface area contributed by atoms with E-state index in [1.54, 1.807) is 0 Å². The van der Waals surface area contributed by atoms with Crippen LogP contribution in [0, 0.1) is 0 Å². The molecule has 0 heterocycles. The average molecular weight is 750 g/mol. The molecule has 5 N–H and O–H groups in total. The first-order valence-corrected chi connectivity index (χ1v) is 24.4. The minimum Gasteiger partial charge on any atom is -0.338 e. The van der Waals surface area contributed by atoms with E-state index in [0.29, 0.717) is 0 Å². The maximum absolute atomic E-state index is 13.2. The molecule has 0 radical (unpaired) electrons. The van der Waals surface area contributed by atoms with Crippen LogP contribution in [0.1, 0.15) is 245 Å². The fourth-order valence-electron chi connectivity index (χ4n) is 7.51. The number of nitrogens with zero attached hydrogens (tertiary/aromatic N) is 1. The van der Waals surface area contributed by atoms with E-state index in [2.05, 4.69) is 34.7 Å². The van der Waals surface area contributed by atoms with Crippen LogP contribution in [0.15, 0.2) is 0 Å². The molecule has 0 saturated heterocycles. The van der Waals surface area contributed by atoms with E-state index in [1.165, 1.54) is 205 Å². The van der Waals surface area contributed by atoms with Crippen LogP contribution < -0.4 is 21.7 Å². The standard InChI is InChI=1S/C47H99N5O/c1-3-5-7-9-11-13-15-17-19-21-23-25-27-29-31-35-45-52(47(53)51-44-38-43-50-41-34-33-40-49-42-37-39-48)46-36-32-30-28-26-24-22-20-18-16-14-12-10-8-6-4-2/h49-50H,3-46,48H2,1-2H3,(H,51,53). The molecule has 0 aliphatic rings. The molecule has 6 heteroatoms. The first kappa shape index (κ1) is 52.2. The second-order valence-electron chi connectivity index (χ2n) is 16.5. The second kappa shape index (κ2) is 47.3. The van der Waals surface area contributed by atoms with E-state index in [-0.39, 0.29) is 6.03 Å². The quantitative estimate of drug-likeness (QED) is 0.0467. The molecule has 318 valence electrons. The monoisotopic (exact) mass is 750 g/mol. The summed E-state index contributed by atoms with van der Waals surface area (Å²) in [6, 6.07) is 0.162. The van der Waals surface area contributed by atoms with Crippen molar-refractivity contribution in [2.75, 3.05) is 52.4 Å². The Kier molecular flexibility index (Phi) is 46.5. The van der Waals surface area contributed by atoms with Crippen LogP contribution in [-0.2, 0) is 0 Å². The van der Waals surface area contributed by atoms with Gasteiger partial charge in [0.2, 0.25) is 0 Å². The van der Waals surface area contributed by atoms with E-state index in [1.807, 2.05) is 0 Å². The van der Waals surface area contributed by atoms with Crippen molar-refractivity contribution in [3.05, 3.63) is 0 Å². The zero-order chi connectivity index (χ0) is 38.4. The molecule has 0 unspecified atom stereocenters. The van der Waals surface area contributed by atoms with Gasteiger partial charge in [-0.1, -0.05) is 206 Å². The number of carbonyl (C=O) groups is 1. The van der Waals surface area contributed by atoms with Gasteiger partial charge in [0, 0.05) is 19.6 Å². The third kappa shape index (κ3) is 43.7. The van der Waals surface area contributed by atoms with Crippen molar-refractivity contribution < 1.29 is 4.79 Å². The smallest absolute Gasteiger partial charge is 0.317 e. The highest BCUT2D eigenvalue weighted by Gasteiger charge is 2.12. The fourth-order valence-corrected chi connectivity index (χ4v) is 7.51. The summed E-state index contributed by atoms with van der Waals surface area (Å²) in [5.41, 5.74) is 5.55. The fraction of sp³-hybridized carbons (Fsp3) is 0.979. The summed E-state index contributed by atoms with van der Waals surface area (Å²) in [5.74, 6) is 0. The van der Waals surface area contributed by atoms with E-state index in [9.17, 15) is 4.79 Å². The Labute approximate surface area is 333 Å². The highest BCUT2D eigenvalue weighted by Crippen LogP contribution is 2.16. The molecule has 0 atom stereocenters. The van der Waals surface area contributed by atoms with Crippen molar-refractivity contribution in [1.29, 1.82) is 0 Å². The Balaban J connectivity index is 4.06. The number of nitrogens with two attached hydrogens (primary N) is 1. The highest BCUT2D eigenvalue weighted by atomic mass is 16.2. The van der Waals surface area contributed by atoms with Crippen LogP contribution in [0.3, 0.4) is 0 Å². The Morgan fingerprint density at radius 3 is 0.962 bits per heavy atom. The van der Waals surface area contributed by atoms with Gasteiger partial charge in [-0.05, 0) is 71.2 Å². The minimum absolute atomic E-state index is 0.162. The lowest BCUT2D eigenvalue weighted by atomic mass is 10.0. The molecule has 0 aliphatic carbocycles. The highest BCUT2D eigenvalue weighted by molar-refractivity contribution is 5.74. The molecule has 0 rings (SSSR count). The molecule has 2 amide bonds. The Morgan fingerprint density at radius 1 is 0.358 bits per heavy atom. The maximum Gasteiger partial charge on any atom is 0.317 e. The molecule has 0 aromatic rings. The van der Waals surface area contributed by atoms with Gasteiger partial charge in [0.05, 0.1) is 0 Å². The molecule has 0 aromatic heterocycles. The number of carbonyl (C=O) groups excluding carboxylic acids is 1. The van der Waals surface area contributed by atoms with Gasteiger partial charge in [0.1, 0.15) is 0 Å². The van der Waals surface area contributed by atoms with Crippen molar-refractivity contribution in [2.45, 2.75) is 245 Å². The largest absolute Gasteiger partial charge is 0.338 e. The lowest BCUT2D eigenvalue weighted by molar-refractivity contribution is 0.195. The molecule has 0 aliphatic heterocycles. The molecule has 6 nitrogen and oxygen atoms in total. The lowest BCUT2D eigenvalue weighted by Crippen LogP contribution is -2.42. The predicted molar refractivity (Wildman–Crippen MR) is 237 cm³/mol.